The van der Waals surface area contributed by atoms with Crippen LogP contribution < -0.4 is 0 Å². The predicted molar refractivity (Wildman–Crippen MR) is 60.9 cm³/mol. The van der Waals surface area contributed by atoms with Crippen molar-refractivity contribution in [3.05, 3.63) is 12.2 Å². The van der Waals surface area contributed by atoms with Gasteiger partial charge in [0.15, 0.2) is 0 Å². The maximum absolute atomic E-state index is 10.7. The van der Waals surface area contributed by atoms with Crippen LogP contribution in [0.5, 0.6) is 0 Å². The molecule has 15 heavy (non-hydrogen) atoms. The minimum absolute atomic E-state index is 0.314. The molecule has 3 heteroatoms. The third-order valence-corrected chi connectivity index (χ3v) is 2.92. The second-order valence-electron chi connectivity index (χ2n) is 4.31. The van der Waals surface area contributed by atoms with Crippen LogP contribution in [-0.2, 0) is 4.79 Å². The van der Waals surface area contributed by atoms with E-state index >= 15 is 0 Å². The second kappa shape index (κ2) is 6.62. The van der Waals surface area contributed by atoms with E-state index in [0.717, 1.165) is 13.1 Å². The Bertz CT molecular complexity index is 216. The Labute approximate surface area is 91.8 Å². The summed E-state index contributed by atoms with van der Waals surface area (Å²) >= 11 is 0. The van der Waals surface area contributed by atoms with Gasteiger partial charge in [0.1, 0.15) is 0 Å². The quantitative estimate of drug-likeness (QED) is 0.728. The summed E-state index contributed by atoms with van der Waals surface area (Å²) in [6.45, 7) is 6.15. The highest BCUT2D eigenvalue weighted by atomic mass is 16.4. The second-order valence-corrected chi connectivity index (χ2v) is 4.31. The first-order chi connectivity index (χ1) is 7.20. The van der Waals surface area contributed by atoms with Crippen molar-refractivity contribution in [3.8, 4) is 0 Å². The first-order valence-electron chi connectivity index (χ1n) is 5.83. The summed E-state index contributed by atoms with van der Waals surface area (Å²) in [6, 6.07) is 0. The molecule has 0 spiro atoms. The van der Waals surface area contributed by atoms with E-state index in [4.69, 9.17) is 5.11 Å². The molecule has 1 aliphatic rings. The molecule has 0 aromatic rings. The van der Waals surface area contributed by atoms with Gasteiger partial charge in [-0.15, -0.1) is 0 Å². The summed E-state index contributed by atoms with van der Waals surface area (Å²) in [7, 11) is 0. The fourth-order valence-electron chi connectivity index (χ4n) is 1.99. The standard InChI is InChI=1S/C12H21NO2/c1-11(12(14)15)10-13-8-6-4-2-3-5-7-9-13/h1-10H2,(H,14,15). The highest BCUT2D eigenvalue weighted by molar-refractivity contribution is 5.86. The Balaban J connectivity index is 2.36. The molecule has 0 amide bonds. The van der Waals surface area contributed by atoms with E-state index in [2.05, 4.69) is 11.5 Å². The van der Waals surface area contributed by atoms with Crippen LogP contribution in [0, 0.1) is 0 Å². The van der Waals surface area contributed by atoms with Gasteiger partial charge in [0.2, 0.25) is 0 Å². The largest absolute Gasteiger partial charge is 0.478 e. The zero-order valence-corrected chi connectivity index (χ0v) is 9.37. The number of aliphatic carboxylic acids is 1. The van der Waals surface area contributed by atoms with Gasteiger partial charge in [-0.1, -0.05) is 32.3 Å². The van der Waals surface area contributed by atoms with Crippen LogP contribution in [0.1, 0.15) is 38.5 Å². The molecule has 1 N–H and O–H groups in total. The zero-order valence-electron chi connectivity index (χ0n) is 9.37. The lowest BCUT2D eigenvalue weighted by Gasteiger charge is -2.21. The van der Waals surface area contributed by atoms with Gasteiger partial charge in [-0.05, 0) is 25.9 Å². The maximum atomic E-state index is 10.7. The molecule has 0 aromatic carbocycles. The third-order valence-electron chi connectivity index (χ3n) is 2.92. The number of carboxylic acid groups (broad SMARTS) is 1. The molecule has 0 aromatic heterocycles. The van der Waals surface area contributed by atoms with Crippen molar-refractivity contribution in [2.24, 2.45) is 0 Å². The Morgan fingerprint density at radius 3 is 2.00 bits per heavy atom. The van der Waals surface area contributed by atoms with Gasteiger partial charge in [0, 0.05) is 12.1 Å². The van der Waals surface area contributed by atoms with Crippen molar-refractivity contribution in [2.45, 2.75) is 38.5 Å². The van der Waals surface area contributed by atoms with E-state index in [-0.39, 0.29) is 0 Å². The van der Waals surface area contributed by atoms with Crippen molar-refractivity contribution in [1.82, 2.24) is 4.90 Å². The van der Waals surface area contributed by atoms with Crippen LogP contribution in [0.3, 0.4) is 0 Å². The van der Waals surface area contributed by atoms with Gasteiger partial charge in [-0.2, -0.15) is 0 Å². The van der Waals surface area contributed by atoms with Gasteiger partial charge in [-0.25, -0.2) is 4.79 Å². The molecule has 0 bridgehead atoms. The number of carboxylic acids is 1. The van der Waals surface area contributed by atoms with E-state index in [1.807, 2.05) is 0 Å². The van der Waals surface area contributed by atoms with Crippen molar-refractivity contribution < 1.29 is 9.90 Å². The van der Waals surface area contributed by atoms with Crippen LogP contribution in [0.2, 0.25) is 0 Å². The van der Waals surface area contributed by atoms with Crippen molar-refractivity contribution in [3.63, 3.8) is 0 Å². The van der Waals surface area contributed by atoms with Gasteiger partial charge in [0.25, 0.3) is 0 Å². The Morgan fingerprint density at radius 1 is 1.07 bits per heavy atom. The fraction of sp³-hybridized carbons (Fsp3) is 0.750. The van der Waals surface area contributed by atoms with Gasteiger partial charge in [-0.3, -0.25) is 4.90 Å². The summed E-state index contributed by atoms with van der Waals surface area (Å²) in [5.74, 6) is -0.866. The van der Waals surface area contributed by atoms with Gasteiger partial charge >= 0.3 is 5.97 Å². The Kier molecular flexibility index (Phi) is 5.40. The average Bonchev–Trinajstić information content (AvgIpc) is 2.31. The lowest BCUT2D eigenvalue weighted by molar-refractivity contribution is -0.132. The van der Waals surface area contributed by atoms with E-state index in [1.54, 1.807) is 0 Å². The molecule has 0 aliphatic carbocycles. The number of hydrogen-bond acceptors (Lipinski definition) is 2. The van der Waals surface area contributed by atoms with Crippen molar-refractivity contribution in [2.75, 3.05) is 19.6 Å². The monoisotopic (exact) mass is 211 g/mol. The molecule has 1 saturated heterocycles. The summed E-state index contributed by atoms with van der Waals surface area (Å²) in [6.07, 6.45) is 7.58. The van der Waals surface area contributed by atoms with E-state index < -0.39 is 5.97 Å². The first-order valence-corrected chi connectivity index (χ1v) is 5.83. The van der Waals surface area contributed by atoms with Crippen LogP contribution in [0.15, 0.2) is 12.2 Å². The molecule has 1 rings (SSSR count). The van der Waals surface area contributed by atoms with Gasteiger partial charge < -0.3 is 5.11 Å². The molecule has 1 heterocycles. The molecule has 0 unspecified atom stereocenters. The lowest BCUT2D eigenvalue weighted by atomic mass is 10.1. The van der Waals surface area contributed by atoms with Crippen molar-refractivity contribution in [1.29, 1.82) is 0 Å². The highest BCUT2D eigenvalue weighted by Gasteiger charge is 2.11. The Hall–Kier alpha value is -0.830. The molecule has 0 atom stereocenters. The van der Waals surface area contributed by atoms with E-state index in [0.29, 0.717) is 12.1 Å². The minimum Gasteiger partial charge on any atom is -0.478 e. The normalized spacial score (nSPS) is 20.0. The van der Waals surface area contributed by atoms with Crippen LogP contribution in [0.25, 0.3) is 0 Å². The third kappa shape index (κ3) is 4.98. The first kappa shape index (κ1) is 12.2. The molecule has 1 aliphatic heterocycles. The highest BCUT2D eigenvalue weighted by Crippen LogP contribution is 2.11. The van der Waals surface area contributed by atoms with E-state index in [1.165, 1.54) is 38.5 Å². The SMILES string of the molecule is C=C(CN1CCCCCCCC1)C(=O)O. The molecule has 0 saturated carbocycles. The summed E-state index contributed by atoms with van der Waals surface area (Å²) in [5.41, 5.74) is 0.314. The summed E-state index contributed by atoms with van der Waals surface area (Å²) < 4.78 is 0. The number of nitrogens with zero attached hydrogens (tertiary/aromatic N) is 1. The number of carbonyl (C=O) groups is 1. The molecule has 0 radical (unpaired) electrons. The van der Waals surface area contributed by atoms with Crippen LogP contribution >= 0.6 is 0 Å². The molecule has 1 fully saturated rings. The molecular weight excluding hydrogens is 190 g/mol. The topological polar surface area (TPSA) is 40.5 Å². The van der Waals surface area contributed by atoms with Crippen LogP contribution in [-0.4, -0.2) is 35.6 Å². The van der Waals surface area contributed by atoms with E-state index in [9.17, 15) is 4.79 Å². The smallest absolute Gasteiger partial charge is 0.332 e. The lowest BCUT2D eigenvalue weighted by Crippen LogP contribution is -2.29. The summed E-state index contributed by atoms with van der Waals surface area (Å²) in [4.78, 5) is 12.9. The molecular formula is C12H21NO2. The summed E-state index contributed by atoms with van der Waals surface area (Å²) in [5, 5.41) is 8.77. The Morgan fingerprint density at radius 2 is 1.53 bits per heavy atom. The number of rotatable bonds is 3. The number of hydrogen-bond donors (Lipinski definition) is 1. The predicted octanol–water partition coefficient (Wildman–Crippen LogP) is 2.28. The van der Waals surface area contributed by atoms with Crippen molar-refractivity contribution >= 4 is 5.97 Å². The zero-order chi connectivity index (χ0) is 11.1. The minimum atomic E-state index is -0.866. The fourth-order valence-corrected chi connectivity index (χ4v) is 1.99. The molecule has 86 valence electrons. The van der Waals surface area contributed by atoms with Gasteiger partial charge in [0.05, 0.1) is 0 Å². The maximum Gasteiger partial charge on any atom is 0.332 e. The van der Waals surface area contributed by atoms with Crippen LogP contribution in [0.4, 0.5) is 0 Å². The average molecular weight is 211 g/mol. The molecule has 3 nitrogen and oxygen atoms in total.